The van der Waals surface area contributed by atoms with Gasteiger partial charge >= 0.3 is 0 Å². The average molecular weight is 467 g/mol. The van der Waals surface area contributed by atoms with Gasteiger partial charge in [0.05, 0.1) is 33.8 Å². The van der Waals surface area contributed by atoms with Crippen LogP contribution in [0.15, 0.2) is 53.7 Å². The summed E-state index contributed by atoms with van der Waals surface area (Å²) in [5.41, 5.74) is 3.50. The predicted molar refractivity (Wildman–Crippen MR) is 126 cm³/mol. The molecule has 9 heteroatoms. The number of sulfone groups is 1. The normalized spacial score (nSPS) is 20.3. The van der Waals surface area contributed by atoms with Crippen molar-refractivity contribution in [2.45, 2.75) is 36.5 Å². The Kier molecular flexibility index (Phi) is 4.65. The van der Waals surface area contributed by atoms with Crippen molar-refractivity contribution < 1.29 is 13.2 Å². The zero-order chi connectivity index (χ0) is 21.9. The Morgan fingerprint density at radius 1 is 1.00 bits per heavy atom. The largest absolute Gasteiger partial charge is 0.335 e. The maximum Gasteiger partial charge on any atom is 0.233 e. The van der Waals surface area contributed by atoms with Crippen molar-refractivity contribution in [1.82, 2.24) is 19.3 Å². The van der Waals surface area contributed by atoms with E-state index in [0.29, 0.717) is 6.42 Å². The molecule has 2 aromatic heterocycles. The van der Waals surface area contributed by atoms with Gasteiger partial charge in [-0.05, 0) is 43.5 Å². The summed E-state index contributed by atoms with van der Waals surface area (Å²) in [5, 5.41) is 1.69. The number of para-hydroxylation sites is 3. The summed E-state index contributed by atoms with van der Waals surface area (Å²) >= 11 is 1.40. The number of fused-ring (bicyclic) bond motifs is 5. The first-order chi connectivity index (χ1) is 15.5. The molecule has 3 heterocycles. The van der Waals surface area contributed by atoms with Gasteiger partial charge in [-0.3, -0.25) is 9.20 Å². The maximum absolute atomic E-state index is 13.3. The maximum atomic E-state index is 13.3. The van der Waals surface area contributed by atoms with Gasteiger partial charge < -0.3 is 4.90 Å². The quantitative estimate of drug-likeness (QED) is 0.331. The Morgan fingerprint density at radius 3 is 2.50 bits per heavy atom. The lowest BCUT2D eigenvalue weighted by molar-refractivity contribution is -0.130. The minimum absolute atomic E-state index is 0.00729. The van der Waals surface area contributed by atoms with Crippen LogP contribution in [0.3, 0.4) is 0 Å². The molecule has 2 fully saturated rings. The number of carbonyl (C=O) groups excluding carboxylic acids is 1. The Balaban J connectivity index is 1.36. The Bertz CT molecular complexity index is 1480. The lowest BCUT2D eigenvalue weighted by atomic mass is 10.2. The van der Waals surface area contributed by atoms with Crippen molar-refractivity contribution in [1.29, 1.82) is 0 Å². The zero-order valence-corrected chi connectivity index (χ0v) is 19.0. The molecule has 2 aliphatic rings. The average Bonchev–Trinajstić information content (AvgIpc) is 3.43. The van der Waals surface area contributed by atoms with E-state index in [9.17, 15) is 13.2 Å². The van der Waals surface area contributed by atoms with E-state index in [2.05, 4.69) is 0 Å². The fourth-order valence-electron chi connectivity index (χ4n) is 4.66. The van der Waals surface area contributed by atoms with Gasteiger partial charge in [0.1, 0.15) is 5.65 Å². The van der Waals surface area contributed by atoms with E-state index in [-0.39, 0.29) is 35.2 Å². The number of carbonyl (C=O) groups is 1. The zero-order valence-electron chi connectivity index (χ0n) is 17.3. The second-order valence-corrected chi connectivity index (χ2v) is 11.7. The summed E-state index contributed by atoms with van der Waals surface area (Å²) in [6.45, 7) is 0. The fraction of sp³-hybridized carbons (Fsp3) is 0.348. The van der Waals surface area contributed by atoms with E-state index in [1.165, 1.54) is 11.8 Å². The summed E-state index contributed by atoms with van der Waals surface area (Å²) < 4.78 is 26.0. The highest BCUT2D eigenvalue weighted by atomic mass is 32.2. The number of amides is 1. The van der Waals surface area contributed by atoms with Crippen molar-refractivity contribution in [2.75, 3.05) is 17.3 Å². The van der Waals surface area contributed by atoms with Gasteiger partial charge in [-0.25, -0.2) is 18.4 Å². The summed E-state index contributed by atoms with van der Waals surface area (Å²) in [7, 11) is -3.04. The van der Waals surface area contributed by atoms with E-state index in [0.717, 1.165) is 45.6 Å². The van der Waals surface area contributed by atoms with Gasteiger partial charge in [0.25, 0.3) is 0 Å². The Hall–Kier alpha value is -2.65. The third kappa shape index (κ3) is 3.44. The van der Waals surface area contributed by atoms with E-state index >= 15 is 0 Å². The second-order valence-electron chi connectivity index (χ2n) is 8.55. The first-order valence-electron chi connectivity index (χ1n) is 10.8. The molecule has 32 heavy (non-hydrogen) atoms. The molecule has 4 aromatic rings. The van der Waals surface area contributed by atoms with Crippen molar-refractivity contribution in [2.24, 2.45) is 0 Å². The first-order valence-corrected chi connectivity index (χ1v) is 13.6. The number of benzene rings is 2. The summed E-state index contributed by atoms with van der Waals surface area (Å²) in [5.74, 6) is 0.479. The summed E-state index contributed by atoms with van der Waals surface area (Å²) in [4.78, 5) is 24.8. The highest BCUT2D eigenvalue weighted by Gasteiger charge is 2.42. The molecule has 1 amide bonds. The summed E-state index contributed by atoms with van der Waals surface area (Å²) in [6, 6.07) is 15.8. The topological polar surface area (TPSA) is 84.6 Å². The predicted octanol–water partition coefficient (Wildman–Crippen LogP) is 3.31. The van der Waals surface area contributed by atoms with Gasteiger partial charge in [0.2, 0.25) is 5.91 Å². The van der Waals surface area contributed by atoms with Gasteiger partial charge in [-0.2, -0.15) is 0 Å². The number of hydrogen-bond acceptors (Lipinski definition) is 6. The van der Waals surface area contributed by atoms with Crippen LogP contribution in [-0.2, 0) is 14.6 Å². The number of nitrogens with zero attached hydrogens (tertiary/aromatic N) is 4. The molecule has 1 saturated heterocycles. The molecule has 1 aliphatic carbocycles. The molecule has 2 aromatic carbocycles. The number of hydrogen-bond donors (Lipinski definition) is 0. The molecule has 0 bridgehead atoms. The van der Waals surface area contributed by atoms with Crippen LogP contribution in [0.1, 0.15) is 19.3 Å². The number of aromatic nitrogens is 3. The lowest BCUT2D eigenvalue weighted by Crippen LogP contribution is -2.43. The molecule has 1 saturated carbocycles. The van der Waals surface area contributed by atoms with Crippen molar-refractivity contribution in [3.8, 4) is 0 Å². The monoisotopic (exact) mass is 466 g/mol. The SMILES string of the molecule is O=C(CSc1nc2ccccc2c2nc3ccccc3n12)N(C1CC1)[C@H]1CCS(=O)(=O)C1. The highest BCUT2D eigenvalue weighted by molar-refractivity contribution is 7.99. The van der Waals surface area contributed by atoms with Gasteiger partial charge in [0.15, 0.2) is 15.0 Å². The van der Waals surface area contributed by atoms with Gasteiger partial charge in [0, 0.05) is 17.5 Å². The number of thioether (sulfide) groups is 1. The number of imidazole rings is 1. The van der Waals surface area contributed by atoms with Crippen LogP contribution in [0.25, 0.3) is 27.6 Å². The second kappa shape index (κ2) is 7.45. The van der Waals surface area contributed by atoms with Crippen molar-refractivity contribution in [3.05, 3.63) is 48.5 Å². The van der Waals surface area contributed by atoms with Crippen LogP contribution < -0.4 is 0 Å². The molecule has 0 N–H and O–H groups in total. The lowest BCUT2D eigenvalue weighted by Gasteiger charge is -2.28. The van der Waals surface area contributed by atoms with Crippen molar-refractivity contribution in [3.63, 3.8) is 0 Å². The van der Waals surface area contributed by atoms with Crippen molar-refractivity contribution >= 4 is 55.1 Å². The van der Waals surface area contributed by atoms with E-state index in [1.807, 2.05) is 57.8 Å². The molecule has 0 spiro atoms. The molecule has 0 radical (unpaired) electrons. The first kappa shape index (κ1) is 20.0. The van der Waals surface area contributed by atoms with Crippen LogP contribution in [0.5, 0.6) is 0 Å². The van der Waals surface area contributed by atoms with Crippen LogP contribution >= 0.6 is 11.8 Å². The van der Waals surface area contributed by atoms with E-state index in [1.54, 1.807) is 0 Å². The van der Waals surface area contributed by atoms with E-state index in [4.69, 9.17) is 9.97 Å². The molecule has 1 aliphatic heterocycles. The Morgan fingerprint density at radius 2 is 1.75 bits per heavy atom. The van der Waals surface area contributed by atoms with Crippen LogP contribution in [-0.4, -0.2) is 62.9 Å². The molecule has 1 atom stereocenters. The number of rotatable bonds is 5. The van der Waals surface area contributed by atoms with Gasteiger partial charge in [-0.15, -0.1) is 0 Å². The van der Waals surface area contributed by atoms with Gasteiger partial charge in [-0.1, -0.05) is 36.0 Å². The molecular weight excluding hydrogens is 444 g/mol. The standard InChI is InChI=1S/C23H22N4O3S2/c28-21(26(15-9-10-15)16-11-12-32(29,30)14-16)13-31-23-25-18-6-2-1-5-17(18)22-24-19-7-3-4-8-20(19)27(22)23/h1-8,15-16H,9-14H2/t16-/m0/s1. The third-order valence-corrected chi connectivity index (χ3v) is 8.94. The summed E-state index contributed by atoms with van der Waals surface area (Å²) in [6.07, 6.45) is 2.45. The minimum atomic E-state index is -3.04. The molecule has 164 valence electrons. The third-order valence-electron chi connectivity index (χ3n) is 6.27. The smallest absolute Gasteiger partial charge is 0.233 e. The van der Waals surface area contributed by atoms with Crippen LogP contribution in [0.4, 0.5) is 0 Å². The minimum Gasteiger partial charge on any atom is -0.335 e. The van der Waals surface area contributed by atoms with E-state index < -0.39 is 9.84 Å². The molecular formula is C23H22N4O3S2. The van der Waals surface area contributed by atoms with Crippen LogP contribution in [0, 0.1) is 0 Å². The highest BCUT2D eigenvalue weighted by Crippen LogP contribution is 2.34. The molecule has 6 rings (SSSR count). The van der Waals surface area contributed by atoms with Crippen LogP contribution in [0.2, 0.25) is 0 Å². The molecule has 7 nitrogen and oxygen atoms in total. The fourth-order valence-corrected chi connectivity index (χ4v) is 7.25. The molecule has 0 unspecified atom stereocenters. The Labute approximate surface area is 189 Å².